The van der Waals surface area contributed by atoms with Gasteiger partial charge in [0.25, 0.3) is 11.8 Å². The van der Waals surface area contributed by atoms with Crippen LogP contribution < -0.4 is 14.8 Å². The molecule has 0 saturated heterocycles. The van der Waals surface area contributed by atoms with Gasteiger partial charge in [0, 0.05) is 23.1 Å². The predicted octanol–water partition coefficient (Wildman–Crippen LogP) is 4.06. The Hall–Kier alpha value is -3.35. The molecule has 3 aromatic rings. The number of amides is 1. The van der Waals surface area contributed by atoms with Crippen LogP contribution in [-0.4, -0.2) is 35.8 Å². The topological polar surface area (TPSA) is 86.5 Å². The predicted molar refractivity (Wildman–Crippen MR) is 114 cm³/mol. The number of hydrogen-bond donors (Lipinski definition) is 1. The Bertz CT molecular complexity index is 1080. The third-order valence-corrected chi connectivity index (χ3v) is 6.22. The lowest BCUT2D eigenvalue weighted by Crippen LogP contribution is -2.39. The van der Waals surface area contributed by atoms with E-state index in [1.807, 2.05) is 18.2 Å². The van der Waals surface area contributed by atoms with E-state index in [9.17, 15) is 4.79 Å². The zero-order valence-electron chi connectivity index (χ0n) is 17.5. The zero-order valence-corrected chi connectivity index (χ0v) is 17.5. The van der Waals surface area contributed by atoms with Crippen molar-refractivity contribution in [1.82, 2.24) is 15.5 Å². The maximum atomic E-state index is 12.9. The maximum absolute atomic E-state index is 12.9. The lowest BCUT2D eigenvalue weighted by atomic mass is 9.78. The summed E-state index contributed by atoms with van der Waals surface area (Å²) >= 11 is 0. The molecule has 2 aromatic carbocycles. The van der Waals surface area contributed by atoms with Crippen molar-refractivity contribution in [3.8, 4) is 23.0 Å². The van der Waals surface area contributed by atoms with Gasteiger partial charge in [-0.25, -0.2) is 0 Å². The van der Waals surface area contributed by atoms with Gasteiger partial charge >= 0.3 is 0 Å². The van der Waals surface area contributed by atoms with Crippen LogP contribution in [0.3, 0.4) is 0 Å². The van der Waals surface area contributed by atoms with E-state index < -0.39 is 0 Å². The number of carbonyl (C=O) groups is 1. The van der Waals surface area contributed by atoms with Crippen molar-refractivity contribution < 1.29 is 18.8 Å². The van der Waals surface area contributed by atoms with Crippen LogP contribution in [0.5, 0.6) is 11.5 Å². The van der Waals surface area contributed by atoms with E-state index in [1.54, 1.807) is 19.1 Å². The van der Waals surface area contributed by atoms with Crippen molar-refractivity contribution in [2.45, 2.75) is 38.0 Å². The van der Waals surface area contributed by atoms with Gasteiger partial charge in [-0.1, -0.05) is 24.1 Å². The molecule has 31 heavy (non-hydrogen) atoms. The fourth-order valence-corrected chi connectivity index (χ4v) is 4.52. The largest absolute Gasteiger partial charge is 0.486 e. The molecule has 1 aromatic heterocycles. The highest BCUT2D eigenvalue weighted by atomic mass is 16.6. The van der Waals surface area contributed by atoms with Gasteiger partial charge in [-0.3, -0.25) is 4.79 Å². The first-order chi connectivity index (χ1) is 15.1. The van der Waals surface area contributed by atoms with Crippen LogP contribution >= 0.6 is 0 Å². The van der Waals surface area contributed by atoms with Crippen molar-refractivity contribution in [2.75, 3.05) is 19.8 Å². The lowest BCUT2D eigenvalue weighted by Gasteiger charge is -2.31. The molecule has 1 fully saturated rings. The summed E-state index contributed by atoms with van der Waals surface area (Å²) < 4.78 is 16.6. The second kappa shape index (κ2) is 8.06. The normalized spacial score (nSPS) is 16.8. The van der Waals surface area contributed by atoms with Crippen LogP contribution in [0.15, 0.2) is 47.0 Å². The van der Waals surface area contributed by atoms with Crippen LogP contribution in [0.25, 0.3) is 11.5 Å². The van der Waals surface area contributed by atoms with E-state index in [4.69, 9.17) is 14.0 Å². The molecule has 0 unspecified atom stereocenters. The fourth-order valence-electron chi connectivity index (χ4n) is 4.52. The molecule has 2 heterocycles. The quantitative estimate of drug-likeness (QED) is 0.671. The third-order valence-electron chi connectivity index (χ3n) is 6.22. The minimum atomic E-state index is -0.0860. The third kappa shape index (κ3) is 3.87. The van der Waals surface area contributed by atoms with Crippen molar-refractivity contribution >= 4 is 5.91 Å². The molecule has 7 heteroatoms. The Balaban J connectivity index is 1.30. The van der Waals surface area contributed by atoms with Gasteiger partial charge < -0.3 is 19.3 Å². The first-order valence-corrected chi connectivity index (χ1v) is 10.7. The molecule has 2 aliphatic rings. The van der Waals surface area contributed by atoms with Crippen molar-refractivity contribution in [3.63, 3.8) is 0 Å². The number of nitrogens with one attached hydrogen (secondary N) is 1. The second-order valence-corrected chi connectivity index (χ2v) is 8.25. The average Bonchev–Trinajstić information content (AvgIpc) is 3.47. The van der Waals surface area contributed by atoms with Gasteiger partial charge in [-0.05, 0) is 61.7 Å². The Morgan fingerprint density at radius 1 is 1.03 bits per heavy atom. The van der Waals surface area contributed by atoms with Crippen molar-refractivity contribution in [2.24, 2.45) is 0 Å². The van der Waals surface area contributed by atoms with Gasteiger partial charge in [0.05, 0.1) is 0 Å². The number of fused-ring (bicyclic) bond motifs is 1. The SMILES string of the molecule is Cc1noc(-c2ccc(C(=O)NCC3(c4ccc5c(c4)OCCO5)CCCC3)cc2)n1. The molecule has 0 atom stereocenters. The van der Waals surface area contributed by atoms with E-state index in [-0.39, 0.29) is 11.3 Å². The van der Waals surface area contributed by atoms with Crippen LogP contribution in [0, 0.1) is 6.92 Å². The highest BCUT2D eigenvalue weighted by Crippen LogP contribution is 2.43. The summed E-state index contributed by atoms with van der Waals surface area (Å²) in [5.41, 5.74) is 2.53. The minimum Gasteiger partial charge on any atom is -0.486 e. The van der Waals surface area contributed by atoms with Gasteiger partial charge in [-0.2, -0.15) is 4.98 Å². The summed E-state index contributed by atoms with van der Waals surface area (Å²) in [6.07, 6.45) is 4.40. The maximum Gasteiger partial charge on any atom is 0.257 e. The number of ether oxygens (including phenoxy) is 2. The number of aryl methyl sites for hydroxylation is 1. The zero-order chi connectivity index (χ0) is 21.3. The average molecular weight is 419 g/mol. The summed E-state index contributed by atoms with van der Waals surface area (Å²) in [4.78, 5) is 17.1. The number of nitrogens with zero attached hydrogens (tertiary/aromatic N) is 2. The van der Waals surface area contributed by atoms with Gasteiger partial charge in [0.1, 0.15) is 13.2 Å². The Morgan fingerprint density at radius 2 is 1.77 bits per heavy atom. The second-order valence-electron chi connectivity index (χ2n) is 8.25. The summed E-state index contributed by atoms with van der Waals surface area (Å²) in [5.74, 6) is 2.54. The van der Waals surface area contributed by atoms with E-state index >= 15 is 0 Å². The lowest BCUT2D eigenvalue weighted by molar-refractivity contribution is 0.0943. The van der Waals surface area contributed by atoms with Crippen LogP contribution in [-0.2, 0) is 5.41 Å². The summed E-state index contributed by atoms with van der Waals surface area (Å²) in [5, 5.41) is 6.97. The van der Waals surface area contributed by atoms with Gasteiger partial charge in [-0.15, -0.1) is 0 Å². The molecular weight excluding hydrogens is 394 g/mol. The highest BCUT2D eigenvalue weighted by Gasteiger charge is 2.37. The molecule has 1 N–H and O–H groups in total. The Kier molecular flexibility index (Phi) is 5.10. The summed E-state index contributed by atoms with van der Waals surface area (Å²) in [6.45, 7) is 3.52. The first kappa shape index (κ1) is 19.6. The van der Waals surface area contributed by atoms with E-state index in [2.05, 4.69) is 27.6 Å². The number of carbonyl (C=O) groups excluding carboxylic acids is 1. The molecule has 0 radical (unpaired) electrons. The van der Waals surface area contributed by atoms with E-state index in [0.29, 0.717) is 37.0 Å². The first-order valence-electron chi connectivity index (χ1n) is 10.7. The van der Waals surface area contributed by atoms with Crippen LogP contribution in [0.4, 0.5) is 0 Å². The minimum absolute atomic E-state index is 0.0767. The summed E-state index contributed by atoms with van der Waals surface area (Å²) in [6, 6.07) is 13.4. The number of rotatable bonds is 5. The molecule has 1 aliphatic carbocycles. The van der Waals surface area contributed by atoms with Crippen LogP contribution in [0.2, 0.25) is 0 Å². The molecule has 1 aliphatic heterocycles. The van der Waals surface area contributed by atoms with Gasteiger partial charge in [0.2, 0.25) is 0 Å². The molecular formula is C24H25N3O4. The van der Waals surface area contributed by atoms with Gasteiger partial charge in [0.15, 0.2) is 17.3 Å². The molecule has 7 nitrogen and oxygen atoms in total. The highest BCUT2D eigenvalue weighted by molar-refractivity contribution is 5.94. The van der Waals surface area contributed by atoms with E-state index in [0.717, 1.165) is 42.7 Å². The molecule has 5 rings (SSSR count). The number of hydrogen-bond acceptors (Lipinski definition) is 6. The Labute approximate surface area is 180 Å². The molecule has 160 valence electrons. The smallest absolute Gasteiger partial charge is 0.257 e. The number of aromatic nitrogens is 2. The van der Waals surface area contributed by atoms with Crippen LogP contribution in [0.1, 0.15) is 47.4 Å². The molecule has 1 amide bonds. The fraction of sp³-hybridized carbons (Fsp3) is 0.375. The van der Waals surface area contributed by atoms with Crippen molar-refractivity contribution in [1.29, 1.82) is 0 Å². The summed E-state index contributed by atoms with van der Waals surface area (Å²) in [7, 11) is 0. The molecule has 0 bridgehead atoms. The number of benzene rings is 2. The van der Waals surface area contributed by atoms with Crippen molar-refractivity contribution in [3.05, 3.63) is 59.4 Å². The Morgan fingerprint density at radius 3 is 2.48 bits per heavy atom. The van der Waals surface area contributed by atoms with E-state index in [1.165, 1.54) is 5.56 Å². The molecule has 1 saturated carbocycles. The molecule has 0 spiro atoms. The standard InChI is InChI=1S/C24H25N3O4/c1-16-26-23(31-27-16)18-6-4-17(5-7-18)22(28)25-15-24(10-2-3-11-24)19-8-9-20-21(14-19)30-13-12-29-20/h4-9,14H,2-3,10-13,15H2,1H3,(H,25,28). The monoisotopic (exact) mass is 419 g/mol.